The lowest BCUT2D eigenvalue weighted by atomic mass is 9.69. The maximum absolute atomic E-state index is 12.7. The zero-order chi connectivity index (χ0) is 16.6. The average molecular weight is 314 g/mol. The number of ketones is 1. The first-order chi connectivity index (χ1) is 10.5. The van der Waals surface area contributed by atoms with Crippen LogP contribution in [-0.4, -0.2) is 41.3 Å². The van der Waals surface area contributed by atoms with Crippen molar-refractivity contribution < 1.29 is 24.5 Å². The van der Waals surface area contributed by atoms with E-state index in [0.29, 0.717) is 25.7 Å². The third kappa shape index (κ3) is 4.53. The summed E-state index contributed by atoms with van der Waals surface area (Å²) < 4.78 is 5.15. The number of carbonyl (C=O) groups is 2. The molecule has 0 aliphatic heterocycles. The number of hydrogen-bond donors (Lipinski definition) is 2. The monoisotopic (exact) mass is 314 g/mol. The molecule has 0 amide bonds. The van der Waals surface area contributed by atoms with Crippen LogP contribution in [0.15, 0.2) is 0 Å². The van der Waals surface area contributed by atoms with Gasteiger partial charge < -0.3 is 14.9 Å². The molecule has 2 N–H and O–H groups in total. The first-order valence-electron chi connectivity index (χ1n) is 8.51. The highest BCUT2D eigenvalue weighted by atomic mass is 16.5. The molecule has 5 nitrogen and oxygen atoms in total. The molecular weight excluding hydrogens is 284 g/mol. The van der Waals surface area contributed by atoms with Gasteiger partial charge in [-0.15, -0.1) is 0 Å². The number of aliphatic hydroxyl groups excluding tert-OH is 2. The van der Waals surface area contributed by atoms with E-state index in [1.54, 1.807) is 6.92 Å². The Hall–Kier alpha value is -0.940. The number of ether oxygens (including phenoxy) is 1. The van der Waals surface area contributed by atoms with Crippen LogP contribution in [0.5, 0.6) is 0 Å². The summed E-state index contributed by atoms with van der Waals surface area (Å²) in [4.78, 5) is 25.0. The van der Waals surface area contributed by atoms with Crippen LogP contribution >= 0.6 is 0 Å². The first kappa shape index (κ1) is 19.1. The van der Waals surface area contributed by atoms with Crippen LogP contribution in [0.25, 0.3) is 0 Å². The SMILES string of the molecule is CCOC(=O)C1(C(=O)CCC(CO)C(O)CC)CCCCC1. The fourth-order valence-electron chi connectivity index (χ4n) is 3.32. The summed E-state index contributed by atoms with van der Waals surface area (Å²) in [5.74, 6) is -0.791. The van der Waals surface area contributed by atoms with Gasteiger partial charge in [-0.25, -0.2) is 0 Å². The minimum atomic E-state index is -0.995. The zero-order valence-corrected chi connectivity index (χ0v) is 13.8. The summed E-state index contributed by atoms with van der Waals surface area (Å²) in [6.45, 7) is 3.73. The molecule has 2 unspecified atom stereocenters. The van der Waals surface area contributed by atoms with Crippen molar-refractivity contribution in [2.75, 3.05) is 13.2 Å². The van der Waals surface area contributed by atoms with Gasteiger partial charge in [0.2, 0.25) is 0 Å². The van der Waals surface area contributed by atoms with Crippen LogP contribution in [0, 0.1) is 11.3 Å². The molecule has 2 atom stereocenters. The van der Waals surface area contributed by atoms with Crippen LogP contribution in [0.1, 0.15) is 65.2 Å². The van der Waals surface area contributed by atoms with E-state index in [0.717, 1.165) is 19.3 Å². The van der Waals surface area contributed by atoms with Crippen LogP contribution in [0.3, 0.4) is 0 Å². The predicted molar refractivity (Wildman–Crippen MR) is 83.3 cm³/mol. The van der Waals surface area contributed by atoms with Crippen molar-refractivity contribution >= 4 is 11.8 Å². The molecule has 1 fully saturated rings. The predicted octanol–water partition coefficient (Wildman–Crippen LogP) is 2.23. The molecule has 1 aliphatic carbocycles. The van der Waals surface area contributed by atoms with Gasteiger partial charge in [0.05, 0.1) is 12.7 Å². The minimum Gasteiger partial charge on any atom is -0.465 e. The van der Waals surface area contributed by atoms with Gasteiger partial charge >= 0.3 is 5.97 Å². The fraction of sp³-hybridized carbons (Fsp3) is 0.882. The number of rotatable bonds is 9. The van der Waals surface area contributed by atoms with Crippen LogP contribution < -0.4 is 0 Å². The Morgan fingerprint density at radius 3 is 2.32 bits per heavy atom. The number of aliphatic hydroxyl groups is 2. The summed E-state index contributed by atoms with van der Waals surface area (Å²) >= 11 is 0. The zero-order valence-electron chi connectivity index (χ0n) is 13.8. The normalized spacial score (nSPS) is 20.2. The Kier molecular flexibility index (Phi) is 8.04. The molecule has 0 saturated heterocycles. The second-order valence-electron chi connectivity index (χ2n) is 6.24. The topological polar surface area (TPSA) is 83.8 Å². The lowest BCUT2D eigenvalue weighted by molar-refractivity contribution is -0.162. The quantitative estimate of drug-likeness (QED) is 0.503. The highest BCUT2D eigenvalue weighted by molar-refractivity contribution is 6.03. The first-order valence-corrected chi connectivity index (χ1v) is 8.51. The van der Waals surface area contributed by atoms with Crippen molar-refractivity contribution in [1.29, 1.82) is 0 Å². The molecule has 0 heterocycles. The Morgan fingerprint density at radius 2 is 1.82 bits per heavy atom. The van der Waals surface area contributed by atoms with E-state index in [9.17, 15) is 19.8 Å². The van der Waals surface area contributed by atoms with E-state index in [4.69, 9.17) is 4.74 Å². The van der Waals surface area contributed by atoms with Crippen LogP contribution in [0.2, 0.25) is 0 Å². The molecule has 1 rings (SSSR count). The molecule has 22 heavy (non-hydrogen) atoms. The third-order valence-corrected chi connectivity index (χ3v) is 4.85. The minimum absolute atomic E-state index is 0.0904. The van der Waals surface area contributed by atoms with Gasteiger partial charge in [0, 0.05) is 18.9 Å². The van der Waals surface area contributed by atoms with E-state index in [2.05, 4.69) is 0 Å². The Morgan fingerprint density at radius 1 is 1.18 bits per heavy atom. The van der Waals surface area contributed by atoms with Gasteiger partial charge in [0.15, 0.2) is 0 Å². The van der Waals surface area contributed by atoms with Crippen molar-refractivity contribution in [2.45, 2.75) is 71.3 Å². The summed E-state index contributed by atoms with van der Waals surface area (Å²) in [5.41, 5.74) is -0.995. The number of hydrogen-bond acceptors (Lipinski definition) is 5. The van der Waals surface area contributed by atoms with E-state index in [1.807, 2.05) is 6.92 Å². The maximum atomic E-state index is 12.7. The standard InChI is InChI=1S/C17H30O5/c1-3-14(19)13(12-18)8-9-15(20)17(16(21)22-4-2)10-6-5-7-11-17/h13-14,18-19H,3-12H2,1-2H3. The van der Waals surface area contributed by atoms with Gasteiger partial charge in [-0.3, -0.25) is 9.59 Å². The highest BCUT2D eigenvalue weighted by Crippen LogP contribution is 2.40. The van der Waals surface area contributed by atoms with Gasteiger partial charge in [0.1, 0.15) is 11.2 Å². The number of esters is 1. The summed E-state index contributed by atoms with van der Waals surface area (Å²) in [6.07, 6.45) is 4.45. The van der Waals surface area contributed by atoms with Crippen molar-refractivity contribution in [3.05, 3.63) is 0 Å². The van der Waals surface area contributed by atoms with E-state index in [1.165, 1.54) is 0 Å². The number of Topliss-reactive ketones (excluding diaryl/α,β-unsaturated/α-hetero) is 1. The average Bonchev–Trinajstić information content (AvgIpc) is 2.55. The van der Waals surface area contributed by atoms with E-state index in [-0.39, 0.29) is 31.3 Å². The molecule has 5 heteroatoms. The van der Waals surface area contributed by atoms with Crippen molar-refractivity contribution in [1.82, 2.24) is 0 Å². The lowest BCUT2D eigenvalue weighted by Gasteiger charge is -2.34. The van der Waals surface area contributed by atoms with Gasteiger partial charge in [0.25, 0.3) is 0 Å². The van der Waals surface area contributed by atoms with E-state index < -0.39 is 17.5 Å². The van der Waals surface area contributed by atoms with Gasteiger partial charge in [-0.2, -0.15) is 0 Å². The number of carbonyl (C=O) groups excluding carboxylic acids is 2. The molecular formula is C17H30O5. The Balaban J connectivity index is 2.74. The molecule has 0 radical (unpaired) electrons. The fourth-order valence-corrected chi connectivity index (χ4v) is 3.32. The molecule has 0 spiro atoms. The molecule has 1 saturated carbocycles. The Labute approximate surface area is 133 Å². The molecule has 0 aromatic heterocycles. The van der Waals surface area contributed by atoms with Crippen molar-refractivity contribution in [3.63, 3.8) is 0 Å². The third-order valence-electron chi connectivity index (χ3n) is 4.85. The lowest BCUT2D eigenvalue weighted by Crippen LogP contribution is -2.42. The summed E-state index contributed by atoms with van der Waals surface area (Å²) in [7, 11) is 0. The molecule has 0 bridgehead atoms. The van der Waals surface area contributed by atoms with Crippen LogP contribution in [-0.2, 0) is 14.3 Å². The van der Waals surface area contributed by atoms with E-state index >= 15 is 0 Å². The highest BCUT2D eigenvalue weighted by Gasteiger charge is 2.47. The molecule has 0 aromatic carbocycles. The largest absolute Gasteiger partial charge is 0.465 e. The molecule has 128 valence electrons. The second kappa shape index (κ2) is 9.26. The molecule has 0 aromatic rings. The summed E-state index contributed by atoms with van der Waals surface area (Å²) in [6, 6.07) is 0. The van der Waals surface area contributed by atoms with Crippen molar-refractivity contribution in [3.8, 4) is 0 Å². The second-order valence-corrected chi connectivity index (χ2v) is 6.24. The summed E-state index contributed by atoms with van der Waals surface area (Å²) in [5, 5.41) is 19.2. The molecule has 1 aliphatic rings. The van der Waals surface area contributed by atoms with Gasteiger partial charge in [-0.1, -0.05) is 26.2 Å². The van der Waals surface area contributed by atoms with Gasteiger partial charge in [-0.05, 0) is 32.6 Å². The smallest absolute Gasteiger partial charge is 0.319 e. The van der Waals surface area contributed by atoms with Crippen molar-refractivity contribution in [2.24, 2.45) is 11.3 Å². The van der Waals surface area contributed by atoms with Crippen LogP contribution in [0.4, 0.5) is 0 Å². The Bertz CT molecular complexity index is 360. The maximum Gasteiger partial charge on any atom is 0.319 e.